The zero-order valence-corrected chi connectivity index (χ0v) is 6.59. The molecule has 0 atom stereocenters. The summed E-state index contributed by atoms with van der Waals surface area (Å²) in [5, 5.41) is 3.18. The molecule has 0 fully saturated rings. The molecular weight excluding hydrogens is 124 g/mol. The SMILES string of the molecule is CC(C)/C=C/C1=NCCN1. The van der Waals surface area contributed by atoms with E-state index in [1.165, 1.54) is 0 Å². The smallest absolute Gasteiger partial charge is 0.120 e. The van der Waals surface area contributed by atoms with Crippen molar-refractivity contribution in [3.05, 3.63) is 12.2 Å². The molecule has 0 aromatic carbocycles. The van der Waals surface area contributed by atoms with Crippen LogP contribution in [0.5, 0.6) is 0 Å². The van der Waals surface area contributed by atoms with E-state index in [0.717, 1.165) is 18.9 Å². The van der Waals surface area contributed by atoms with Crippen LogP contribution < -0.4 is 5.32 Å². The highest BCUT2D eigenvalue weighted by Gasteiger charge is 1.98. The molecule has 1 rings (SSSR count). The molecule has 10 heavy (non-hydrogen) atoms. The van der Waals surface area contributed by atoms with Gasteiger partial charge in [-0.2, -0.15) is 0 Å². The Morgan fingerprint density at radius 2 is 2.40 bits per heavy atom. The Bertz CT molecular complexity index is 157. The van der Waals surface area contributed by atoms with Crippen LogP contribution in [0.15, 0.2) is 17.1 Å². The minimum absolute atomic E-state index is 0.616. The molecule has 0 spiro atoms. The Morgan fingerprint density at radius 3 is 2.90 bits per heavy atom. The fourth-order valence-electron chi connectivity index (χ4n) is 0.811. The maximum atomic E-state index is 4.23. The second-order valence-electron chi connectivity index (χ2n) is 2.80. The first-order valence-electron chi connectivity index (χ1n) is 3.75. The van der Waals surface area contributed by atoms with Crippen LogP contribution in [-0.4, -0.2) is 18.9 Å². The van der Waals surface area contributed by atoms with E-state index in [1.807, 2.05) is 0 Å². The number of allylic oxidation sites excluding steroid dienone is 1. The third-order valence-corrected chi connectivity index (χ3v) is 1.34. The summed E-state index contributed by atoms with van der Waals surface area (Å²) in [6.07, 6.45) is 4.20. The number of nitrogens with zero attached hydrogens (tertiary/aromatic N) is 1. The van der Waals surface area contributed by atoms with Crippen molar-refractivity contribution in [2.75, 3.05) is 13.1 Å². The predicted octanol–water partition coefficient (Wildman–Crippen LogP) is 1.20. The summed E-state index contributed by atoms with van der Waals surface area (Å²) in [5.74, 6) is 1.65. The van der Waals surface area contributed by atoms with Gasteiger partial charge < -0.3 is 5.32 Å². The summed E-state index contributed by atoms with van der Waals surface area (Å²) in [6, 6.07) is 0. The van der Waals surface area contributed by atoms with Gasteiger partial charge in [0.25, 0.3) is 0 Å². The summed E-state index contributed by atoms with van der Waals surface area (Å²) >= 11 is 0. The lowest BCUT2D eigenvalue weighted by Crippen LogP contribution is -2.15. The lowest BCUT2D eigenvalue weighted by atomic mass is 10.2. The molecule has 0 saturated carbocycles. The molecule has 0 amide bonds. The van der Waals surface area contributed by atoms with Gasteiger partial charge in [0, 0.05) is 6.54 Å². The van der Waals surface area contributed by atoms with E-state index in [9.17, 15) is 0 Å². The highest BCUT2D eigenvalue weighted by molar-refractivity contribution is 5.93. The number of aliphatic imine (C=N–C) groups is 1. The minimum Gasteiger partial charge on any atom is -0.369 e. The van der Waals surface area contributed by atoms with Crippen LogP contribution in [0.3, 0.4) is 0 Å². The first kappa shape index (κ1) is 7.32. The van der Waals surface area contributed by atoms with Gasteiger partial charge in [-0.1, -0.05) is 19.9 Å². The summed E-state index contributed by atoms with van der Waals surface area (Å²) in [4.78, 5) is 4.23. The van der Waals surface area contributed by atoms with Gasteiger partial charge in [-0.15, -0.1) is 0 Å². The Kier molecular flexibility index (Phi) is 2.49. The second kappa shape index (κ2) is 3.40. The maximum absolute atomic E-state index is 4.23. The van der Waals surface area contributed by atoms with Crippen molar-refractivity contribution in [3.63, 3.8) is 0 Å². The van der Waals surface area contributed by atoms with Gasteiger partial charge in [0.2, 0.25) is 0 Å². The van der Waals surface area contributed by atoms with Crippen molar-refractivity contribution in [3.8, 4) is 0 Å². The quantitative estimate of drug-likeness (QED) is 0.609. The first-order chi connectivity index (χ1) is 4.79. The van der Waals surface area contributed by atoms with Gasteiger partial charge in [-0.25, -0.2) is 0 Å². The zero-order chi connectivity index (χ0) is 7.40. The van der Waals surface area contributed by atoms with Crippen molar-refractivity contribution in [2.45, 2.75) is 13.8 Å². The fourth-order valence-corrected chi connectivity index (χ4v) is 0.811. The van der Waals surface area contributed by atoms with Gasteiger partial charge in [-0.3, -0.25) is 4.99 Å². The van der Waals surface area contributed by atoms with Crippen LogP contribution >= 0.6 is 0 Å². The minimum atomic E-state index is 0.616. The average Bonchev–Trinajstić information content (AvgIpc) is 2.34. The van der Waals surface area contributed by atoms with E-state index >= 15 is 0 Å². The van der Waals surface area contributed by atoms with Crippen LogP contribution in [0.1, 0.15) is 13.8 Å². The molecule has 0 unspecified atom stereocenters. The lowest BCUT2D eigenvalue weighted by Gasteiger charge is -1.94. The first-order valence-corrected chi connectivity index (χ1v) is 3.75. The molecule has 0 aromatic heterocycles. The molecular formula is C8H14N2. The number of nitrogens with one attached hydrogen (secondary N) is 1. The van der Waals surface area contributed by atoms with Crippen molar-refractivity contribution >= 4 is 5.84 Å². The molecule has 0 aliphatic carbocycles. The van der Waals surface area contributed by atoms with E-state index in [1.54, 1.807) is 0 Å². The molecule has 1 heterocycles. The van der Waals surface area contributed by atoms with Crippen LogP contribution in [0, 0.1) is 5.92 Å². The Labute approximate surface area is 62.0 Å². The fraction of sp³-hybridized carbons (Fsp3) is 0.625. The number of hydrogen-bond donors (Lipinski definition) is 1. The predicted molar refractivity (Wildman–Crippen MR) is 44.3 cm³/mol. The highest BCUT2D eigenvalue weighted by atomic mass is 15.1. The van der Waals surface area contributed by atoms with E-state index in [0.29, 0.717) is 5.92 Å². The van der Waals surface area contributed by atoms with Crippen molar-refractivity contribution in [1.82, 2.24) is 5.32 Å². The van der Waals surface area contributed by atoms with E-state index < -0.39 is 0 Å². The van der Waals surface area contributed by atoms with E-state index in [2.05, 4.69) is 36.3 Å². The number of rotatable bonds is 2. The molecule has 56 valence electrons. The van der Waals surface area contributed by atoms with Crippen LogP contribution in [0.4, 0.5) is 0 Å². The second-order valence-corrected chi connectivity index (χ2v) is 2.80. The summed E-state index contributed by atoms with van der Waals surface area (Å²) in [7, 11) is 0. The van der Waals surface area contributed by atoms with E-state index in [4.69, 9.17) is 0 Å². The summed E-state index contributed by atoms with van der Waals surface area (Å²) < 4.78 is 0. The van der Waals surface area contributed by atoms with Gasteiger partial charge in [0.1, 0.15) is 5.84 Å². The van der Waals surface area contributed by atoms with Crippen LogP contribution in [0.2, 0.25) is 0 Å². The van der Waals surface area contributed by atoms with Crippen LogP contribution in [-0.2, 0) is 0 Å². The molecule has 2 heteroatoms. The third kappa shape index (κ3) is 2.21. The van der Waals surface area contributed by atoms with Gasteiger partial charge in [-0.05, 0) is 12.0 Å². The molecule has 0 bridgehead atoms. The molecule has 0 aromatic rings. The summed E-state index contributed by atoms with van der Waals surface area (Å²) in [5.41, 5.74) is 0. The maximum Gasteiger partial charge on any atom is 0.120 e. The van der Waals surface area contributed by atoms with Gasteiger partial charge in [0.15, 0.2) is 0 Å². The normalized spacial score (nSPS) is 18.1. The van der Waals surface area contributed by atoms with Crippen molar-refractivity contribution in [1.29, 1.82) is 0 Å². The molecule has 1 aliphatic heterocycles. The van der Waals surface area contributed by atoms with Gasteiger partial charge in [0.05, 0.1) is 6.54 Å². The van der Waals surface area contributed by atoms with Gasteiger partial charge >= 0.3 is 0 Å². The lowest BCUT2D eigenvalue weighted by molar-refractivity contribution is 0.832. The average molecular weight is 138 g/mol. The highest BCUT2D eigenvalue weighted by Crippen LogP contribution is 1.95. The zero-order valence-electron chi connectivity index (χ0n) is 6.59. The Morgan fingerprint density at radius 1 is 1.60 bits per heavy atom. The standard InChI is InChI=1S/C8H14N2/c1-7(2)3-4-8-9-5-6-10-8/h3-4,7H,5-6H2,1-2H3,(H,9,10)/b4-3+. The Balaban J connectivity index is 2.37. The molecule has 0 saturated heterocycles. The molecule has 2 nitrogen and oxygen atoms in total. The van der Waals surface area contributed by atoms with Crippen molar-refractivity contribution < 1.29 is 0 Å². The molecule has 0 radical (unpaired) electrons. The Hall–Kier alpha value is -0.790. The third-order valence-electron chi connectivity index (χ3n) is 1.34. The number of amidine groups is 1. The van der Waals surface area contributed by atoms with Crippen molar-refractivity contribution in [2.24, 2.45) is 10.9 Å². The largest absolute Gasteiger partial charge is 0.369 e. The molecule has 1 aliphatic rings. The topological polar surface area (TPSA) is 24.4 Å². The number of hydrogen-bond acceptors (Lipinski definition) is 2. The van der Waals surface area contributed by atoms with E-state index in [-0.39, 0.29) is 0 Å². The van der Waals surface area contributed by atoms with Crippen LogP contribution in [0.25, 0.3) is 0 Å². The summed E-state index contributed by atoms with van der Waals surface area (Å²) in [6.45, 7) is 6.24. The molecule has 1 N–H and O–H groups in total. The monoisotopic (exact) mass is 138 g/mol.